The summed E-state index contributed by atoms with van der Waals surface area (Å²) in [5.41, 5.74) is -0.419. The molecule has 3 fully saturated rings. The number of fused-ring (bicyclic) bond motifs is 1. The molecule has 3 saturated heterocycles. The fourth-order valence-electron chi connectivity index (χ4n) is 4.86. The molecule has 1 amide bonds. The molecule has 25 heavy (non-hydrogen) atoms. The molecule has 0 saturated carbocycles. The quantitative estimate of drug-likeness (QED) is 0.848. The third-order valence-corrected chi connectivity index (χ3v) is 6.03. The van der Waals surface area contributed by atoms with Crippen LogP contribution in [0.1, 0.15) is 65.7 Å². The van der Waals surface area contributed by atoms with Gasteiger partial charge in [-0.15, -0.1) is 0 Å². The number of amides is 1. The molecule has 3 heterocycles. The number of rotatable bonds is 3. The maximum absolute atomic E-state index is 11.9. The Labute approximate surface area is 153 Å². The zero-order valence-corrected chi connectivity index (χ0v) is 16.4. The number of nitrogens with one attached hydrogen (secondary N) is 1. The molecular weight excluding hydrogens is 314 g/mol. The van der Waals surface area contributed by atoms with Gasteiger partial charge in [-0.3, -0.25) is 0 Å². The van der Waals surface area contributed by atoms with Gasteiger partial charge in [0.2, 0.25) is 0 Å². The van der Waals surface area contributed by atoms with E-state index in [9.17, 15) is 4.79 Å². The SMILES string of the molecule is CC(C)(C)OC(=O)NC1CCN(C[C@@H]2CCCN3CCCC[C@H]23)CC1. The fraction of sp³-hybridized carbons (Fsp3) is 0.950. The standard InChI is InChI=1S/C20H37N3O2/c1-20(2,3)25-19(24)21-17-9-13-22(14-10-17)15-16-7-6-12-23-11-5-4-8-18(16)23/h16-18H,4-15H2,1-3H3,(H,21,24)/t16-,18+/m0/s1. The first-order valence-electron chi connectivity index (χ1n) is 10.4. The highest BCUT2D eigenvalue weighted by atomic mass is 16.6. The number of hydrogen-bond donors (Lipinski definition) is 1. The maximum Gasteiger partial charge on any atom is 0.407 e. The van der Waals surface area contributed by atoms with Crippen LogP contribution in [0.5, 0.6) is 0 Å². The van der Waals surface area contributed by atoms with Gasteiger partial charge in [-0.25, -0.2) is 4.79 Å². The third kappa shape index (κ3) is 5.58. The van der Waals surface area contributed by atoms with E-state index in [0.29, 0.717) is 0 Å². The number of nitrogens with zero attached hydrogens (tertiary/aromatic N) is 2. The highest BCUT2D eigenvalue weighted by molar-refractivity contribution is 5.68. The van der Waals surface area contributed by atoms with Crippen molar-refractivity contribution in [2.75, 3.05) is 32.7 Å². The lowest BCUT2D eigenvalue weighted by Crippen LogP contribution is -2.52. The first-order chi connectivity index (χ1) is 11.9. The molecule has 3 aliphatic rings. The average molecular weight is 352 g/mol. The van der Waals surface area contributed by atoms with Gasteiger partial charge in [-0.1, -0.05) is 6.42 Å². The minimum Gasteiger partial charge on any atom is -0.444 e. The van der Waals surface area contributed by atoms with E-state index in [1.54, 1.807) is 0 Å². The van der Waals surface area contributed by atoms with Crippen LogP contribution >= 0.6 is 0 Å². The van der Waals surface area contributed by atoms with Crippen LogP contribution < -0.4 is 5.32 Å². The van der Waals surface area contributed by atoms with Crippen molar-refractivity contribution in [3.05, 3.63) is 0 Å². The summed E-state index contributed by atoms with van der Waals surface area (Å²) in [6, 6.07) is 1.10. The van der Waals surface area contributed by atoms with Crippen LogP contribution in [-0.4, -0.2) is 66.3 Å². The Hall–Kier alpha value is -0.810. The predicted octanol–water partition coefficient (Wildman–Crippen LogP) is 3.24. The minimum atomic E-state index is -0.419. The number of carbonyl (C=O) groups is 1. The molecule has 0 aromatic carbocycles. The Balaban J connectivity index is 1.41. The zero-order chi connectivity index (χ0) is 17.9. The molecule has 5 nitrogen and oxygen atoms in total. The molecule has 3 rings (SSSR count). The number of hydrogen-bond acceptors (Lipinski definition) is 4. The van der Waals surface area contributed by atoms with Gasteiger partial charge in [0.05, 0.1) is 0 Å². The fourth-order valence-corrected chi connectivity index (χ4v) is 4.86. The van der Waals surface area contributed by atoms with Crippen molar-refractivity contribution in [3.8, 4) is 0 Å². The van der Waals surface area contributed by atoms with Gasteiger partial charge in [0.15, 0.2) is 0 Å². The summed E-state index contributed by atoms with van der Waals surface area (Å²) in [5.74, 6) is 0.851. The molecule has 0 unspecified atom stereocenters. The first-order valence-corrected chi connectivity index (χ1v) is 10.4. The van der Waals surface area contributed by atoms with Gasteiger partial charge in [-0.2, -0.15) is 0 Å². The van der Waals surface area contributed by atoms with E-state index in [2.05, 4.69) is 15.1 Å². The van der Waals surface area contributed by atoms with Gasteiger partial charge in [0, 0.05) is 31.7 Å². The molecule has 2 atom stereocenters. The number of alkyl carbamates (subject to hydrolysis) is 1. The van der Waals surface area contributed by atoms with Crippen molar-refractivity contribution in [2.45, 2.75) is 83.4 Å². The molecule has 0 bridgehead atoms. The topological polar surface area (TPSA) is 44.8 Å². The van der Waals surface area contributed by atoms with Crippen molar-refractivity contribution >= 4 is 6.09 Å². The molecule has 5 heteroatoms. The Morgan fingerprint density at radius 3 is 2.44 bits per heavy atom. The van der Waals surface area contributed by atoms with Gasteiger partial charge in [-0.05, 0) is 78.3 Å². The summed E-state index contributed by atoms with van der Waals surface area (Å²) in [4.78, 5) is 17.3. The molecule has 3 aliphatic heterocycles. The normalized spacial score (nSPS) is 29.9. The number of likely N-dealkylation sites (tertiary alicyclic amines) is 1. The summed E-state index contributed by atoms with van der Waals surface area (Å²) in [5, 5.41) is 3.05. The second-order valence-corrected chi connectivity index (χ2v) is 9.22. The van der Waals surface area contributed by atoms with Gasteiger partial charge in [0.25, 0.3) is 0 Å². The lowest BCUT2D eigenvalue weighted by Gasteiger charge is -2.46. The Bertz CT molecular complexity index is 439. The summed E-state index contributed by atoms with van der Waals surface area (Å²) in [7, 11) is 0. The van der Waals surface area contributed by atoms with Crippen LogP contribution in [0.3, 0.4) is 0 Å². The van der Waals surface area contributed by atoms with Crippen LogP contribution in [0.15, 0.2) is 0 Å². The Morgan fingerprint density at radius 1 is 1.00 bits per heavy atom. The van der Waals surface area contributed by atoms with E-state index < -0.39 is 5.60 Å². The van der Waals surface area contributed by atoms with E-state index in [1.807, 2.05) is 20.8 Å². The molecule has 1 N–H and O–H groups in total. The molecule has 0 radical (unpaired) electrons. The molecular formula is C20H37N3O2. The molecule has 144 valence electrons. The van der Waals surface area contributed by atoms with Crippen LogP contribution in [0.25, 0.3) is 0 Å². The van der Waals surface area contributed by atoms with E-state index in [1.165, 1.54) is 51.7 Å². The van der Waals surface area contributed by atoms with Gasteiger partial charge in [0.1, 0.15) is 5.60 Å². The lowest BCUT2D eigenvalue weighted by molar-refractivity contribution is 0.0321. The molecule has 0 spiro atoms. The Kier molecular flexibility index (Phi) is 6.26. The van der Waals surface area contributed by atoms with Crippen molar-refractivity contribution in [3.63, 3.8) is 0 Å². The Morgan fingerprint density at radius 2 is 1.72 bits per heavy atom. The molecule has 0 aliphatic carbocycles. The highest BCUT2D eigenvalue weighted by Gasteiger charge is 2.34. The molecule has 0 aromatic rings. The van der Waals surface area contributed by atoms with Crippen molar-refractivity contribution in [2.24, 2.45) is 5.92 Å². The van der Waals surface area contributed by atoms with Crippen LogP contribution in [0.2, 0.25) is 0 Å². The van der Waals surface area contributed by atoms with E-state index in [4.69, 9.17) is 4.74 Å². The van der Waals surface area contributed by atoms with Crippen molar-refractivity contribution in [1.29, 1.82) is 0 Å². The number of carbonyl (C=O) groups excluding carboxylic acids is 1. The van der Waals surface area contributed by atoms with E-state index >= 15 is 0 Å². The summed E-state index contributed by atoms with van der Waals surface area (Å²) in [6.07, 6.45) is 8.80. The van der Waals surface area contributed by atoms with E-state index in [0.717, 1.165) is 37.9 Å². The minimum absolute atomic E-state index is 0.267. The highest BCUT2D eigenvalue weighted by Crippen LogP contribution is 2.31. The summed E-state index contributed by atoms with van der Waals surface area (Å²) < 4.78 is 5.38. The van der Waals surface area contributed by atoms with Crippen molar-refractivity contribution in [1.82, 2.24) is 15.1 Å². The first kappa shape index (κ1) is 19.0. The number of ether oxygens (including phenoxy) is 1. The average Bonchev–Trinajstić information content (AvgIpc) is 2.55. The number of piperidine rings is 3. The predicted molar refractivity (Wildman–Crippen MR) is 101 cm³/mol. The zero-order valence-electron chi connectivity index (χ0n) is 16.4. The summed E-state index contributed by atoms with van der Waals surface area (Å²) in [6.45, 7) is 11.8. The van der Waals surface area contributed by atoms with Crippen molar-refractivity contribution < 1.29 is 9.53 Å². The maximum atomic E-state index is 11.9. The van der Waals surface area contributed by atoms with Gasteiger partial charge >= 0.3 is 6.09 Å². The summed E-state index contributed by atoms with van der Waals surface area (Å²) >= 11 is 0. The smallest absolute Gasteiger partial charge is 0.407 e. The second-order valence-electron chi connectivity index (χ2n) is 9.22. The van der Waals surface area contributed by atoms with Crippen LogP contribution in [0, 0.1) is 5.92 Å². The lowest BCUT2D eigenvalue weighted by atomic mass is 9.83. The third-order valence-electron chi connectivity index (χ3n) is 6.03. The molecule has 0 aromatic heterocycles. The largest absolute Gasteiger partial charge is 0.444 e. The van der Waals surface area contributed by atoms with Gasteiger partial charge < -0.3 is 19.9 Å². The van der Waals surface area contributed by atoms with Crippen LogP contribution in [0.4, 0.5) is 4.79 Å². The second kappa shape index (κ2) is 8.26. The van der Waals surface area contributed by atoms with E-state index in [-0.39, 0.29) is 12.1 Å². The monoisotopic (exact) mass is 351 g/mol. The van der Waals surface area contributed by atoms with Crippen LogP contribution in [-0.2, 0) is 4.74 Å².